The Bertz CT molecular complexity index is 1360. The van der Waals surface area contributed by atoms with E-state index in [1.54, 1.807) is 23.9 Å². The highest BCUT2D eigenvalue weighted by Gasteiger charge is 2.48. The van der Waals surface area contributed by atoms with Gasteiger partial charge in [0, 0.05) is 37.8 Å². The number of primary amides is 1. The van der Waals surface area contributed by atoms with Crippen molar-refractivity contribution in [3.05, 3.63) is 101 Å². The number of benzene rings is 2. The number of hydrogen-bond donors (Lipinski definition) is 3. The molecule has 0 bridgehead atoms. The monoisotopic (exact) mass is 468 g/mol. The summed E-state index contributed by atoms with van der Waals surface area (Å²) in [6.45, 7) is 1.07. The van der Waals surface area contributed by atoms with Crippen molar-refractivity contribution >= 4 is 11.8 Å². The summed E-state index contributed by atoms with van der Waals surface area (Å²) in [4.78, 5) is 32.6. The molecular formula is C27H28N6O2. The van der Waals surface area contributed by atoms with E-state index in [-0.39, 0.29) is 11.7 Å². The Morgan fingerprint density at radius 3 is 2.57 bits per heavy atom. The van der Waals surface area contributed by atoms with Gasteiger partial charge in [-0.15, -0.1) is 0 Å². The van der Waals surface area contributed by atoms with Crippen molar-refractivity contribution in [1.29, 1.82) is 0 Å². The fourth-order valence-corrected chi connectivity index (χ4v) is 4.95. The molecule has 0 fully saturated rings. The molecule has 1 unspecified atom stereocenters. The molecule has 1 aromatic heterocycles. The Labute approximate surface area is 204 Å². The van der Waals surface area contributed by atoms with Gasteiger partial charge in [-0.25, -0.2) is 4.98 Å². The molecule has 8 nitrogen and oxygen atoms in total. The fourth-order valence-electron chi connectivity index (χ4n) is 4.95. The van der Waals surface area contributed by atoms with E-state index in [1.165, 1.54) is 0 Å². The molecule has 3 aromatic rings. The van der Waals surface area contributed by atoms with E-state index in [1.807, 2.05) is 49.5 Å². The van der Waals surface area contributed by atoms with Crippen LogP contribution < -0.4 is 16.4 Å². The molecule has 4 N–H and O–H groups in total. The highest BCUT2D eigenvalue weighted by Crippen LogP contribution is 2.39. The number of carbonyl (C=O) groups is 2. The van der Waals surface area contributed by atoms with Crippen LogP contribution in [0.4, 0.5) is 0 Å². The van der Waals surface area contributed by atoms with Gasteiger partial charge in [0.1, 0.15) is 5.69 Å². The number of carbonyl (C=O) groups excluding carboxylic acids is 2. The van der Waals surface area contributed by atoms with Crippen LogP contribution in [0, 0.1) is 0 Å². The topological polar surface area (TPSA) is 105 Å². The third-order valence-corrected chi connectivity index (χ3v) is 6.81. The van der Waals surface area contributed by atoms with Crippen molar-refractivity contribution in [2.24, 2.45) is 12.8 Å². The number of allylic oxidation sites excluding steroid dienone is 2. The van der Waals surface area contributed by atoms with Crippen LogP contribution in [0.15, 0.2) is 78.5 Å². The normalized spacial score (nSPS) is 19.4. The molecule has 1 atom stereocenters. The summed E-state index contributed by atoms with van der Waals surface area (Å²) < 4.78 is 1.75. The first kappa shape index (κ1) is 22.6. The molecule has 0 aliphatic carbocycles. The van der Waals surface area contributed by atoms with Gasteiger partial charge in [0.15, 0.2) is 11.5 Å². The predicted molar refractivity (Wildman–Crippen MR) is 134 cm³/mol. The van der Waals surface area contributed by atoms with Gasteiger partial charge in [-0.1, -0.05) is 54.6 Å². The summed E-state index contributed by atoms with van der Waals surface area (Å²) >= 11 is 0. The Kier molecular flexibility index (Phi) is 5.74. The summed E-state index contributed by atoms with van der Waals surface area (Å²) in [6.07, 6.45) is 6.09. The van der Waals surface area contributed by atoms with E-state index >= 15 is 0 Å². The van der Waals surface area contributed by atoms with E-state index in [0.29, 0.717) is 30.8 Å². The van der Waals surface area contributed by atoms with Gasteiger partial charge in [0.05, 0.1) is 0 Å². The van der Waals surface area contributed by atoms with Crippen LogP contribution in [0.3, 0.4) is 0 Å². The zero-order chi connectivity index (χ0) is 24.6. The van der Waals surface area contributed by atoms with E-state index in [9.17, 15) is 9.59 Å². The second-order valence-corrected chi connectivity index (χ2v) is 8.87. The molecule has 2 aromatic carbocycles. The van der Waals surface area contributed by atoms with Crippen molar-refractivity contribution in [3.63, 3.8) is 0 Å². The predicted octanol–water partition coefficient (Wildman–Crippen LogP) is 2.03. The number of rotatable bonds is 5. The van der Waals surface area contributed by atoms with Gasteiger partial charge in [-0.2, -0.15) is 0 Å². The van der Waals surface area contributed by atoms with Crippen molar-refractivity contribution in [3.8, 4) is 11.1 Å². The maximum absolute atomic E-state index is 13.6. The summed E-state index contributed by atoms with van der Waals surface area (Å²) in [6, 6.07) is 18.2. The second-order valence-electron chi connectivity index (χ2n) is 8.87. The van der Waals surface area contributed by atoms with Gasteiger partial charge >= 0.3 is 0 Å². The van der Waals surface area contributed by atoms with E-state index in [2.05, 4.69) is 33.7 Å². The SMILES string of the molecule is CN1CCc2c(nc(C(N)=O)n2C)C1(NC(=O)C1=CC=CNC1)c1cccc(-c2ccccc2)c1. The lowest BCUT2D eigenvalue weighted by Gasteiger charge is -2.45. The van der Waals surface area contributed by atoms with E-state index in [4.69, 9.17) is 10.7 Å². The lowest BCUT2D eigenvalue weighted by atomic mass is 9.86. The smallest absolute Gasteiger partial charge is 0.284 e. The van der Waals surface area contributed by atoms with Crippen LogP contribution in [0.2, 0.25) is 0 Å². The molecule has 3 heterocycles. The van der Waals surface area contributed by atoms with Crippen molar-refractivity contribution in [2.45, 2.75) is 12.1 Å². The van der Waals surface area contributed by atoms with Crippen molar-refractivity contribution < 1.29 is 9.59 Å². The lowest BCUT2D eigenvalue weighted by molar-refractivity contribution is -0.121. The average Bonchev–Trinajstić information content (AvgIpc) is 3.24. The number of nitrogens with one attached hydrogen (secondary N) is 2. The summed E-state index contributed by atoms with van der Waals surface area (Å²) in [5, 5.41) is 6.39. The first-order chi connectivity index (χ1) is 16.9. The molecule has 2 amide bonds. The zero-order valence-corrected chi connectivity index (χ0v) is 19.8. The molecule has 2 aliphatic rings. The van der Waals surface area contributed by atoms with Crippen LogP contribution in [0.1, 0.15) is 27.6 Å². The molecule has 0 saturated carbocycles. The number of nitrogens with two attached hydrogens (primary N) is 1. The number of hydrogen-bond acceptors (Lipinski definition) is 5. The van der Waals surface area contributed by atoms with Gasteiger partial charge in [0.25, 0.3) is 11.8 Å². The third kappa shape index (κ3) is 3.81. The molecular weight excluding hydrogens is 440 g/mol. The van der Waals surface area contributed by atoms with Crippen LogP contribution in [0.5, 0.6) is 0 Å². The van der Waals surface area contributed by atoms with Crippen molar-refractivity contribution in [2.75, 3.05) is 20.1 Å². The number of fused-ring (bicyclic) bond motifs is 1. The molecule has 0 saturated heterocycles. The van der Waals surface area contributed by atoms with Crippen molar-refractivity contribution in [1.82, 2.24) is 25.1 Å². The first-order valence-electron chi connectivity index (χ1n) is 11.6. The average molecular weight is 469 g/mol. The van der Waals surface area contributed by atoms with Crippen LogP contribution >= 0.6 is 0 Å². The summed E-state index contributed by atoms with van der Waals surface area (Å²) in [5.74, 6) is -0.644. The minimum Gasteiger partial charge on any atom is -0.387 e. The minimum atomic E-state index is -1.09. The van der Waals surface area contributed by atoms with Crippen LogP contribution in [-0.2, 0) is 23.9 Å². The number of dihydropyridines is 1. The molecule has 2 aliphatic heterocycles. The maximum Gasteiger partial charge on any atom is 0.284 e. The number of aromatic nitrogens is 2. The molecule has 8 heteroatoms. The number of nitrogens with zero attached hydrogens (tertiary/aromatic N) is 3. The number of imidazole rings is 1. The molecule has 178 valence electrons. The van der Waals surface area contributed by atoms with Gasteiger partial charge in [-0.05, 0) is 42.1 Å². The maximum atomic E-state index is 13.6. The Morgan fingerprint density at radius 1 is 1.09 bits per heavy atom. The number of likely N-dealkylation sites (N-methyl/N-ethyl adjacent to an activating group) is 1. The summed E-state index contributed by atoms with van der Waals surface area (Å²) in [5.41, 5.74) is 9.60. The first-order valence-corrected chi connectivity index (χ1v) is 11.6. The Hall–Kier alpha value is -4.17. The van der Waals surface area contributed by atoms with Crippen LogP contribution in [0.25, 0.3) is 11.1 Å². The van der Waals surface area contributed by atoms with Gasteiger partial charge in [0.2, 0.25) is 0 Å². The summed E-state index contributed by atoms with van der Waals surface area (Å²) in [7, 11) is 3.76. The molecule has 0 radical (unpaired) electrons. The van der Waals surface area contributed by atoms with E-state index < -0.39 is 11.6 Å². The Morgan fingerprint density at radius 2 is 1.86 bits per heavy atom. The largest absolute Gasteiger partial charge is 0.387 e. The third-order valence-electron chi connectivity index (χ3n) is 6.81. The van der Waals surface area contributed by atoms with E-state index in [0.717, 1.165) is 22.4 Å². The molecule has 0 spiro atoms. The van der Waals surface area contributed by atoms with Gasteiger partial charge in [-0.3, -0.25) is 14.5 Å². The fraction of sp³-hybridized carbons (Fsp3) is 0.222. The lowest BCUT2D eigenvalue weighted by Crippen LogP contribution is -2.61. The van der Waals surface area contributed by atoms with Crippen LogP contribution in [-0.4, -0.2) is 46.4 Å². The minimum absolute atomic E-state index is 0.171. The highest BCUT2D eigenvalue weighted by molar-refractivity contribution is 5.95. The van der Waals surface area contributed by atoms with Gasteiger partial charge < -0.3 is 20.9 Å². The Balaban J connectivity index is 1.72. The standard InChI is InChI=1S/C27H28N6O2/c1-32-15-13-22-23(30-25(24(28)34)33(22)2)27(32,31-26(35)20-11-7-14-29-17-20)21-12-6-10-19(16-21)18-8-4-3-5-9-18/h3-12,14,16,29H,13,15,17H2,1-2H3,(H2,28,34)(H,31,35). The zero-order valence-electron chi connectivity index (χ0n) is 19.8. The highest BCUT2D eigenvalue weighted by atomic mass is 16.2. The number of amides is 2. The second kappa shape index (κ2) is 8.88. The molecule has 5 rings (SSSR count). The quantitative estimate of drug-likeness (QED) is 0.532. The molecule has 35 heavy (non-hydrogen) atoms.